The van der Waals surface area contributed by atoms with Gasteiger partial charge in [0.25, 0.3) is 0 Å². The lowest BCUT2D eigenvalue weighted by molar-refractivity contribution is -0.117. The van der Waals surface area contributed by atoms with Gasteiger partial charge in [-0.25, -0.2) is 22.7 Å². The molecule has 0 saturated carbocycles. The average molecular weight is 476 g/mol. The number of benzene rings is 2. The second-order valence-electron chi connectivity index (χ2n) is 6.26. The van der Waals surface area contributed by atoms with E-state index in [9.17, 15) is 23.2 Å². The molecule has 4 rings (SSSR count). The van der Waals surface area contributed by atoms with Gasteiger partial charge in [0.1, 0.15) is 18.2 Å². The van der Waals surface area contributed by atoms with Crippen LogP contribution in [-0.4, -0.2) is 24.7 Å². The van der Waals surface area contributed by atoms with E-state index in [1.54, 1.807) is 24.3 Å². The van der Waals surface area contributed by atoms with Gasteiger partial charge in [-0.3, -0.25) is 14.2 Å². The van der Waals surface area contributed by atoms with Crippen molar-refractivity contribution in [3.63, 3.8) is 0 Å². The third-order valence-electron chi connectivity index (χ3n) is 4.25. The first-order valence-electron chi connectivity index (χ1n) is 8.55. The molecule has 0 fully saturated rings. The monoisotopic (exact) mass is 475 g/mol. The van der Waals surface area contributed by atoms with E-state index in [-0.39, 0.29) is 11.3 Å². The number of hydrogen-bond donors (Lipinski definition) is 1. The molecule has 30 heavy (non-hydrogen) atoms. The van der Waals surface area contributed by atoms with Crippen molar-refractivity contribution < 1.29 is 13.6 Å². The van der Waals surface area contributed by atoms with Crippen molar-refractivity contribution in [3.05, 3.63) is 91.8 Å². The number of rotatable bonds is 4. The second kappa shape index (κ2) is 7.67. The summed E-state index contributed by atoms with van der Waals surface area (Å²) in [5, 5.41) is 6.18. The van der Waals surface area contributed by atoms with Crippen molar-refractivity contribution in [2.45, 2.75) is 6.54 Å². The third-order valence-corrected chi connectivity index (χ3v) is 4.78. The molecule has 0 bridgehead atoms. The maximum absolute atomic E-state index is 13.7. The lowest BCUT2D eigenvalue weighted by Gasteiger charge is -2.05. The Hall–Kier alpha value is -3.60. The van der Waals surface area contributed by atoms with Crippen LogP contribution in [0.25, 0.3) is 11.3 Å². The fourth-order valence-corrected chi connectivity index (χ4v) is 3.10. The van der Waals surface area contributed by atoms with Gasteiger partial charge in [0.05, 0.1) is 5.69 Å². The summed E-state index contributed by atoms with van der Waals surface area (Å²) in [7, 11) is 0. The number of fused-ring (bicyclic) bond motifs is 1. The molecule has 0 saturated heterocycles. The summed E-state index contributed by atoms with van der Waals surface area (Å²) in [5.41, 5.74) is -1.11. The van der Waals surface area contributed by atoms with Crippen molar-refractivity contribution in [1.29, 1.82) is 0 Å². The summed E-state index contributed by atoms with van der Waals surface area (Å²) in [5.74, 6) is -2.51. The molecule has 0 aliphatic carbocycles. The van der Waals surface area contributed by atoms with E-state index in [4.69, 9.17) is 0 Å². The smallest absolute Gasteiger partial charge is 0.322 e. The van der Waals surface area contributed by atoms with E-state index in [1.807, 2.05) is 0 Å². The zero-order valence-electron chi connectivity index (χ0n) is 15.1. The quantitative estimate of drug-likeness (QED) is 0.490. The van der Waals surface area contributed by atoms with Crippen LogP contribution in [0.4, 0.5) is 14.5 Å². The standard InChI is InChI=1S/C19H12BrF2N5O3/c20-11-1-4-13(5-2-11)25-7-8-26-17(18(25)29)24-27(19(26)30)10-16(28)23-15-6-3-12(21)9-14(15)22/h1-9H,10H2,(H,23,28). The highest BCUT2D eigenvalue weighted by Crippen LogP contribution is 2.15. The van der Waals surface area contributed by atoms with Gasteiger partial charge in [0.15, 0.2) is 0 Å². The number of halogens is 3. The molecule has 0 spiro atoms. The minimum atomic E-state index is -0.955. The molecule has 4 aromatic rings. The Morgan fingerprint density at radius 1 is 1.07 bits per heavy atom. The van der Waals surface area contributed by atoms with Crippen molar-refractivity contribution in [2.24, 2.45) is 0 Å². The largest absolute Gasteiger partial charge is 0.351 e. The molecular formula is C19H12BrF2N5O3. The van der Waals surface area contributed by atoms with Crippen LogP contribution in [0.3, 0.4) is 0 Å². The first-order chi connectivity index (χ1) is 14.3. The number of carbonyl (C=O) groups excluding carboxylic acids is 1. The lowest BCUT2D eigenvalue weighted by Crippen LogP contribution is -2.28. The van der Waals surface area contributed by atoms with Crippen molar-refractivity contribution in [1.82, 2.24) is 18.7 Å². The summed E-state index contributed by atoms with van der Waals surface area (Å²) >= 11 is 3.32. The topological polar surface area (TPSA) is 90.4 Å². The fraction of sp³-hybridized carbons (Fsp3) is 0.0526. The number of nitrogens with one attached hydrogen (secondary N) is 1. The number of carbonyl (C=O) groups is 1. The van der Waals surface area contributed by atoms with E-state index in [1.165, 1.54) is 17.0 Å². The van der Waals surface area contributed by atoms with E-state index in [2.05, 4.69) is 26.3 Å². The number of hydrogen-bond acceptors (Lipinski definition) is 4. The van der Waals surface area contributed by atoms with E-state index < -0.39 is 35.3 Å². The van der Waals surface area contributed by atoms with E-state index in [0.717, 1.165) is 25.7 Å². The molecule has 0 atom stereocenters. The molecule has 152 valence electrons. The van der Waals surface area contributed by atoms with Crippen molar-refractivity contribution in [2.75, 3.05) is 5.32 Å². The van der Waals surface area contributed by atoms with Crippen LogP contribution < -0.4 is 16.6 Å². The first-order valence-corrected chi connectivity index (χ1v) is 9.34. The zero-order valence-corrected chi connectivity index (χ0v) is 16.6. The maximum Gasteiger partial charge on any atom is 0.351 e. The van der Waals surface area contributed by atoms with Crippen LogP contribution in [0.5, 0.6) is 0 Å². The Balaban J connectivity index is 1.65. The van der Waals surface area contributed by atoms with Gasteiger partial charge in [-0.15, -0.1) is 5.10 Å². The maximum atomic E-state index is 13.7. The minimum Gasteiger partial charge on any atom is -0.322 e. The van der Waals surface area contributed by atoms with E-state index >= 15 is 0 Å². The Kier molecular flexibility index (Phi) is 5.04. The molecular weight excluding hydrogens is 464 g/mol. The second-order valence-corrected chi connectivity index (χ2v) is 7.17. The summed E-state index contributed by atoms with van der Waals surface area (Å²) in [6.45, 7) is -0.560. The average Bonchev–Trinajstić information content (AvgIpc) is 3.02. The summed E-state index contributed by atoms with van der Waals surface area (Å²) < 4.78 is 30.6. The highest BCUT2D eigenvalue weighted by atomic mass is 79.9. The lowest BCUT2D eigenvalue weighted by atomic mass is 10.3. The third kappa shape index (κ3) is 3.66. The predicted octanol–water partition coefficient (Wildman–Crippen LogP) is 2.33. The van der Waals surface area contributed by atoms with Gasteiger partial charge in [0.2, 0.25) is 11.6 Å². The molecule has 1 N–H and O–H groups in total. The van der Waals surface area contributed by atoms with Crippen LogP contribution in [0.2, 0.25) is 0 Å². The molecule has 8 nitrogen and oxygen atoms in total. The molecule has 2 heterocycles. The number of amides is 1. The van der Waals surface area contributed by atoms with Gasteiger partial charge in [0, 0.05) is 28.6 Å². The molecule has 2 aromatic carbocycles. The summed E-state index contributed by atoms with van der Waals surface area (Å²) in [4.78, 5) is 37.4. The molecule has 0 unspecified atom stereocenters. The Morgan fingerprint density at radius 3 is 2.50 bits per heavy atom. The van der Waals surface area contributed by atoms with Gasteiger partial charge in [-0.05, 0) is 36.4 Å². The fourth-order valence-electron chi connectivity index (χ4n) is 2.83. The van der Waals surface area contributed by atoms with Gasteiger partial charge in [-0.1, -0.05) is 15.9 Å². The molecule has 1 amide bonds. The van der Waals surface area contributed by atoms with Gasteiger partial charge in [-0.2, -0.15) is 0 Å². The van der Waals surface area contributed by atoms with Crippen LogP contribution in [-0.2, 0) is 11.3 Å². The van der Waals surface area contributed by atoms with Crippen LogP contribution in [0.15, 0.2) is 68.9 Å². The zero-order chi connectivity index (χ0) is 21.4. The first kappa shape index (κ1) is 19.7. The highest BCUT2D eigenvalue weighted by molar-refractivity contribution is 9.10. The number of anilines is 1. The summed E-state index contributed by atoms with van der Waals surface area (Å²) in [6.07, 6.45) is 2.78. The van der Waals surface area contributed by atoms with Crippen LogP contribution in [0.1, 0.15) is 0 Å². The van der Waals surface area contributed by atoms with Crippen LogP contribution >= 0.6 is 15.9 Å². The molecule has 0 aliphatic rings. The SMILES string of the molecule is O=C(Cn1nc2c(=O)n(-c3ccc(Br)cc3)ccn2c1=O)Nc1ccc(F)cc1F. The van der Waals surface area contributed by atoms with Crippen molar-refractivity contribution in [3.8, 4) is 5.69 Å². The highest BCUT2D eigenvalue weighted by Gasteiger charge is 2.16. The van der Waals surface area contributed by atoms with E-state index in [0.29, 0.717) is 11.8 Å². The molecule has 0 radical (unpaired) electrons. The van der Waals surface area contributed by atoms with Crippen LogP contribution in [0, 0.1) is 11.6 Å². The molecule has 0 aliphatic heterocycles. The normalized spacial score (nSPS) is 11.0. The summed E-state index contributed by atoms with van der Waals surface area (Å²) in [6, 6.07) is 9.61. The number of nitrogens with zero attached hydrogens (tertiary/aromatic N) is 4. The molecule has 11 heteroatoms. The number of aromatic nitrogens is 4. The Labute approximate surface area is 175 Å². The van der Waals surface area contributed by atoms with Gasteiger partial charge < -0.3 is 5.32 Å². The Morgan fingerprint density at radius 2 is 1.80 bits per heavy atom. The minimum absolute atomic E-state index is 0.175. The van der Waals surface area contributed by atoms with Crippen molar-refractivity contribution >= 4 is 33.2 Å². The van der Waals surface area contributed by atoms with Gasteiger partial charge >= 0.3 is 11.2 Å². The molecule has 2 aromatic heterocycles. The predicted molar refractivity (Wildman–Crippen MR) is 108 cm³/mol. The Bertz CT molecular complexity index is 1390.